The summed E-state index contributed by atoms with van der Waals surface area (Å²) in [4.78, 5) is 11.4. The van der Waals surface area contributed by atoms with Gasteiger partial charge in [-0.25, -0.2) is 13.6 Å². The van der Waals surface area contributed by atoms with E-state index in [0.29, 0.717) is 18.0 Å². The van der Waals surface area contributed by atoms with Gasteiger partial charge in [-0.1, -0.05) is 19.4 Å². The number of sulfonamides is 1. The molecule has 0 radical (unpaired) electrons. The van der Waals surface area contributed by atoms with Crippen molar-refractivity contribution in [3.8, 4) is 5.75 Å². The van der Waals surface area contributed by atoms with Crippen LogP contribution in [0.5, 0.6) is 5.75 Å². The molecule has 0 saturated carbocycles. The van der Waals surface area contributed by atoms with E-state index >= 15 is 0 Å². The molecule has 1 aliphatic carbocycles. The highest BCUT2D eigenvalue weighted by Crippen LogP contribution is 2.36. The molecule has 0 unspecified atom stereocenters. The molecule has 0 aromatic heterocycles. The van der Waals surface area contributed by atoms with Gasteiger partial charge < -0.3 is 10.1 Å². The highest BCUT2D eigenvalue weighted by Gasteiger charge is 2.23. The fraction of sp³-hybridized carbons (Fsp3) is 0.353. The van der Waals surface area contributed by atoms with Gasteiger partial charge in [-0.2, -0.15) is 0 Å². The molecule has 8 heteroatoms. The highest BCUT2D eigenvalue weighted by molar-refractivity contribution is 7.97. The van der Waals surface area contributed by atoms with E-state index in [1.165, 1.54) is 12.1 Å². The van der Waals surface area contributed by atoms with Crippen LogP contribution >= 0.6 is 12.6 Å². The molecule has 0 aliphatic heterocycles. The Balaban J connectivity index is 2.55. The molecule has 6 nitrogen and oxygen atoms in total. The summed E-state index contributed by atoms with van der Waals surface area (Å²) in [5.74, 6) is 0.634. The standard InChI is InChI=1S/C17H22N2O4S2/c1-2-3-9-19-14-10-12(17(20)24)11-15(25(18,21)22)16(14)23-13-7-5-4-6-8-13/h5,7-8,10-11,19H,2-4,6,9H2,1H3,(H,20,24)(H2,18,21,22). The monoisotopic (exact) mass is 382 g/mol. The quantitative estimate of drug-likeness (QED) is 0.474. The largest absolute Gasteiger partial charge is 0.454 e. The maximum atomic E-state index is 12.0. The minimum atomic E-state index is -4.10. The second kappa shape index (κ2) is 8.55. The summed E-state index contributed by atoms with van der Waals surface area (Å²) >= 11 is 3.79. The van der Waals surface area contributed by atoms with E-state index in [0.717, 1.165) is 25.7 Å². The van der Waals surface area contributed by atoms with Crippen molar-refractivity contribution in [2.24, 2.45) is 5.14 Å². The molecule has 0 spiro atoms. The van der Waals surface area contributed by atoms with Crippen LogP contribution in [0.2, 0.25) is 0 Å². The number of ether oxygens (including phenoxy) is 1. The fourth-order valence-corrected chi connectivity index (χ4v) is 3.19. The number of hydrogen-bond donors (Lipinski definition) is 3. The summed E-state index contributed by atoms with van der Waals surface area (Å²) in [6.07, 6.45) is 9.16. The first-order valence-corrected chi connectivity index (χ1v) is 10.0. The molecule has 1 aromatic rings. The maximum Gasteiger partial charge on any atom is 0.241 e. The van der Waals surface area contributed by atoms with Gasteiger partial charge in [-0.15, -0.1) is 12.6 Å². The Morgan fingerprint density at radius 1 is 1.36 bits per heavy atom. The van der Waals surface area contributed by atoms with E-state index < -0.39 is 15.1 Å². The highest BCUT2D eigenvalue weighted by atomic mass is 32.2. The number of unbranched alkanes of at least 4 members (excludes halogenated alkanes) is 1. The molecular weight excluding hydrogens is 360 g/mol. The zero-order valence-electron chi connectivity index (χ0n) is 14.0. The third-order valence-electron chi connectivity index (χ3n) is 3.63. The van der Waals surface area contributed by atoms with E-state index in [9.17, 15) is 13.2 Å². The number of carbonyl (C=O) groups excluding carboxylic acids is 1. The molecule has 1 aliphatic rings. The Morgan fingerprint density at radius 2 is 2.12 bits per heavy atom. The van der Waals surface area contributed by atoms with E-state index in [1.807, 2.05) is 19.1 Å². The van der Waals surface area contributed by atoms with Crippen LogP contribution in [-0.2, 0) is 10.0 Å². The molecule has 0 atom stereocenters. The molecule has 0 amide bonds. The summed E-state index contributed by atoms with van der Waals surface area (Å²) in [6.45, 7) is 2.65. The van der Waals surface area contributed by atoms with E-state index in [-0.39, 0.29) is 16.2 Å². The predicted octanol–water partition coefficient (Wildman–Crippen LogP) is 3.23. The number of anilines is 1. The first-order chi connectivity index (χ1) is 11.8. The van der Waals surface area contributed by atoms with Crippen molar-refractivity contribution < 1.29 is 17.9 Å². The van der Waals surface area contributed by atoms with E-state index in [1.54, 1.807) is 6.08 Å². The number of benzene rings is 1. The number of carbonyl (C=O) groups is 1. The molecule has 0 fully saturated rings. The van der Waals surface area contributed by atoms with Gasteiger partial charge in [-0.3, -0.25) is 4.79 Å². The van der Waals surface area contributed by atoms with Crippen molar-refractivity contribution >= 4 is 33.5 Å². The zero-order valence-corrected chi connectivity index (χ0v) is 15.7. The Kier molecular flexibility index (Phi) is 6.69. The van der Waals surface area contributed by atoms with Crippen LogP contribution in [0.4, 0.5) is 5.69 Å². The predicted molar refractivity (Wildman–Crippen MR) is 102 cm³/mol. The summed E-state index contributed by atoms with van der Waals surface area (Å²) < 4.78 is 29.9. The number of allylic oxidation sites excluding steroid dienone is 3. The van der Waals surface area contributed by atoms with Gasteiger partial charge in [-0.05, 0) is 43.5 Å². The second-order valence-corrected chi connectivity index (χ2v) is 7.61. The fourth-order valence-electron chi connectivity index (χ4n) is 2.36. The number of thiol groups is 1. The van der Waals surface area contributed by atoms with E-state index in [4.69, 9.17) is 9.88 Å². The zero-order chi connectivity index (χ0) is 18.4. The molecule has 25 heavy (non-hydrogen) atoms. The number of nitrogens with one attached hydrogen (secondary N) is 1. The average molecular weight is 383 g/mol. The Morgan fingerprint density at radius 3 is 2.68 bits per heavy atom. The summed E-state index contributed by atoms with van der Waals surface area (Å²) in [7, 11) is -4.10. The van der Waals surface area contributed by atoms with Gasteiger partial charge in [0.05, 0.1) is 5.69 Å². The third-order valence-corrected chi connectivity index (χ3v) is 4.81. The Hall–Kier alpha value is -1.77. The smallest absolute Gasteiger partial charge is 0.241 e. The molecule has 1 aromatic carbocycles. The van der Waals surface area contributed by atoms with Crippen LogP contribution in [0, 0.1) is 0 Å². The lowest BCUT2D eigenvalue weighted by Crippen LogP contribution is -2.16. The maximum absolute atomic E-state index is 12.0. The van der Waals surface area contributed by atoms with Crippen molar-refractivity contribution in [3.05, 3.63) is 41.7 Å². The van der Waals surface area contributed by atoms with Crippen LogP contribution < -0.4 is 15.2 Å². The van der Waals surface area contributed by atoms with Crippen molar-refractivity contribution in [1.82, 2.24) is 0 Å². The van der Waals surface area contributed by atoms with Crippen LogP contribution in [0.1, 0.15) is 43.0 Å². The molecule has 3 N–H and O–H groups in total. The molecule has 0 saturated heterocycles. The van der Waals surface area contributed by atoms with Gasteiger partial charge in [0.1, 0.15) is 10.7 Å². The number of nitrogens with two attached hydrogens (primary N) is 1. The molecule has 2 rings (SSSR count). The van der Waals surface area contributed by atoms with E-state index in [2.05, 4.69) is 17.9 Å². The minimum Gasteiger partial charge on any atom is -0.454 e. The first-order valence-electron chi connectivity index (χ1n) is 8.05. The Bertz CT molecular complexity index is 814. The van der Waals surface area contributed by atoms with Gasteiger partial charge >= 0.3 is 0 Å². The van der Waals surface area contributed by atoms with Gasteiger partial charge in [0.25, 0.3) is 0 Å². The van der Waals surface area contributed by atoms with Crippen LogP contribution in [-0.4, -0.2) is 20.1 Å². The summed E-state index contributed by atoms with van der Waals surface area (Å²) in [5.41, 5.74) is 0.532. The third kappa shape index (κ3) is 5.35. The molecular formula is C17H22N2O4S2. The van der Waals surface area contributed by atoms with Crippen molar-refractivity contribution in [3.63, 3.8) is 0 Å². The first kappa shape index (κ1) is 19.6. The Labute approximate surface area is 153 Å². The normalized spacial score (nSPS) is 14.1. The van der Waals surface area contributed by atoms with Crippen molar-refractivity contribution in [2.45, 2.75) is 37.5 Å². The van der Waals surface area contributed by atoms with Crippen LogP contribution in [0.3, 0.4) is 0 Å². The number of rotatable bonds is 8. The average Bonchev–Trinajstić information content (AvgIpc) is 2.56. The SMILES string of the molecule is CCCCNc1cc(C(=O)S)cc(S(N)(=O)=O)c1OC1=CCCC=C1. The molecule has 136 valence electrons. The molecule has 0 heterocycles. The van der Waals surface area contributed by atoms with Crippen molar-refractivity contribution in [2.75, 3.05) is 11.9 Å². The van der Waals surface area contributed by atoms with Gasteiger partial charge in [0.2, 0.25) is 15.1 Å². The van der Waals surface area contributed by atoms with Gasteiger partial charge in [0, 0.05) is 12.1 Å². The van der Waals surface area contributed by atoms with Crippen LogP contribution in [0.15, 0.2) is 41.0 Å². The summed E-state index contributed by atoms with van der Waals surface area (Å²) in [5, 5.41) is 7.93. The lowest BCUT2D eigenvalue weighted by Gasteiger charge is -2.18. The minimum absolute atomic E-state index is 0.0923. The second-order valence-electron chi connectivity index (χ2n) is 5.67. The lowest BCUT2D eigenvalue weighted by molar-refractivity contribution is 0.109. The van der Waals surface area contributed by atoms with Crippen molar-refractivity contribution in [1.29, 1.82) is 0 Å². The number of primary sulfonamides is 1. The lowest BCUT2D eigenvalue weighted by atomic mass is 10.1. The van der Waals surface area contributed by atoms with Gasteiger partial charge in [0.15, 0.2) is 5.75 Å². The number of hydrogen-bond acceptors (Lipinski definition) is 5. The molecule has 0 bridgehead atoms. The summed E-state index contributed by atoms with van der Waals surface area (Å²) in [6, 6.07) is 2.72. The topological polar surface area (TPSA) is 98.5 Å². The van der Waals surface area contributed by atoms with Crippen LogP contribution in [0.25, 0.3) is 0 Å².